The standard InChI is InChI=1S/C22H24O7/c1-26-19-13-10-11-14(23)20(27-2)16(13)15(12-8-6-5-7-9-12)17(21(24)28-3)18(19)22(25)29-4/h5-11,15,17-19,23H,1-4H3/t15?,17-,18+,19?/m0/s1. The van der Waals surface area contributed by atoms with E-state index in [-0.39, 0.29) is 11.5 Å². The van der Waals surface area contributed by atoms with Crippen molar-refractivity contribution in [3.05, 3.63) is 59.2 Å². The molecule has 0 fully saturated rings. The Morgan fingerprint density at radius 1 is 0.862 bits per heavy atom. The van der Waals surface area contributed by atoms with Crippen LogP contribution < -0.4 is 4.74 Å². The average Bonchev–Trinajstić information content (AvgIpc) is 2.76. The van der Waals surface area contributed by atoms with Crippen LogP contribution in [0.3, 0.4) is 0 Å². The zero-order valence-corrected chi connectivity index (χ0v) is 16.7. The number of aromatic hydroxyl groups is 1. The first-order valence-corrected chi connectivity index (χ1v) is 9.13. The third-order valence-corrected chi connectivity index (χ3v) is 5.46. The number of carbonyl (C=O) groups is 2. The fraction of sp³-hybridized carbons (Fsp3) is 0.364. The van der Waals surface area contributed by atoms with Gasteiger partial charge in [-0.15, -0.1) is 0 Å². The Morgan fingerprint density at radius 2 is 1.48 bits per heavy atom. The first kappa shape index (κ1) is 20.7. The van der Waals surface area contributed by atoms with Crippen LogP contribution in [0, 0.1) is 11.8 Å². The van der Waals surface area contributed by atoms with Crippen molar-refractivity contribution in [3.8, 4) is 11.5 Å². The lowest BCUT2D eigenvalue weighted by Crippen LogP contribution is -2.44. The molecule has 0 heterocycles. The Hall–Kier alpha value is -3.06. The minimum absolute atomic E-state index is 0.0674. The molecule has 154 valence electrons. The molecular formula is C22H24O7. The van der Waals surface area contributed by atoms with E-state index < -0.39 is 35.8 Å². The average molecular weight is 400 g/mol. The van der Waals surface area contributed by atoms with Gasteiger partial charge in [-0.3, -0.25) is 9.59 Å². The Bertz CT molecular complexity index is 894. The van der Waals surface area contributed by atoms with Gasteiger partial charge in [-0.05, 0) is 17.2 Å². The second-order valence-corrected chi connectivity index (χ2v) is 6.76. The number of fused-ring (bicyclic) bond motifs is 1. The van der Waals surface area contributed by atoms with Gasteiger partial charge in [0.2, 0.25) is 0 Å². The molecule has 3 rings (SSSR count). The van der Waals surface area contributed by atoms with Crippen molar-refractivity contribution >= 4 is 11.9 Å². The highest BCUT2D eigenvalue weighted by atomic mass is 16.5. The summed E-state index contributed by atoms with van der Waals surface area (Å²) >= 11 is 0. The molecule has 29 heavy (non-hydrogen) atoms. The van der Waals surface area contributed by atoms with E-state index in [4.69, 9.17) is 18.9 Å². The minimum atomic E-state index is -0.942. The van der Waals surface area contributed by atoms with E-state index >= 15 is 0 Å². The van der Waals surface area contributed by atoms with E-state index in [2.05, 4.69) is 0 Å². The number of rotatable bonds is 5. The van der Waals surface area contributed by atoms with Crippen LogP contribution in [0.5, 0.6) is 11.5 Å². The number of methoxy groups -OCH3 is 4. The molecule has 0 saturated carbocycles. The molecule has 7 heteroatoms. The molecule has 1 aliphatic rings. The Morgan fingerprint density at radius 3 is 2.03 bits per heavy atom. The van der Waals surface area contributed by atoms with Gasteiger partial charge in [0.25, 0.3) is 0 Å². The number of hydrogen-bond acceptors (Lipinski definition) is 7. The van der Waals surface area contributed by atoms with Crippen LogP contribution >= 0.6 is 0 Å². The smallest absolute Gasteiger partial charge is 0.312 e. The van der Waals surface area contributed by atoms with E-state index in [9.17, 15) is 14.7 Å². The number of phenolic OH excluding ortho intramolecular Hbond substituents is 1. The van der Waals surface area contributed by atoms with Gasteiger partial charge in [0.05, 0.1) is 33.4 Å². The number of phenols is 1. The van der Waals surface area contributed by atoms with Crippen LogP contribution in [0.2, 0.25) is 0 Å². The number of esters is 2. The highest BCUT2D eigenvalue weighted by molar-refractivity contribution is 5.86. The molecule has 2 aromatic rings. The summed E-state index contributed by atoms with van der Waals surface area (Å²) in [5.74, 6) is -3.49. The van der Waals surface area contributed by atoms with Gasteiger partial charge in [-0.2, -0.15) is 0 Å². The number of carbonyl (C=O) groups excluding carboxylic acids is 2. The van der Waals surface area contributed by atoms with Gasteiger partial charge in [0, 0.05) is 18.6 Å². The van der Waals surface area contributed by atoms with Crippen LogP contribution in [-0.2, 0) is 23.8 Å². The van der Waals surface area contributed by atoms with Crippen molar-refractivity contribution in [1.82, 2.24) is 0 Å². The predicted molar refractivity (Wildman–Crippen MR) is 104 cm³/mol. The zero-order valence-electron chi connectivity index (χ0n) is 16.7. The number of hydrogen-bond donors (Lipinski definition) is 1. The fourth-order valence-corrected chi connectivity index (χ4v) is 4.29. The van der Waals surface area contributed by atoms with Gasteiger partial charge < -0.3 is 24.1 Å². The van der Waals surface area contributed by atoms with E-state index in [0.717, 1.165) is 5.56 Å². The number of ether oxygens (including phenoxy) is 4. The van der Waals surface area contributed by atoms with Crippen LogP contribution in [0.1, 0.15) is 28.7 Å². The Balaban J connectivity index is 2.39. The van der Waals surface area contributed by atoms with Crippen molar-refractivity contribution in [2.45, 2.75) is 12.0 Å². The van der Waals surface area contributed by atoms with Crippen molar-refractivity contribution in [2.75, 3.05) is 28.4 Å². The summed E-state index contributed by atoms with van der Waals surface area (Å²) in [4.78, 5) is 25.7. The van der Waals surface area contributed by atoms with Gasteiger partial charge >= 0.3 is 11.9 Å². The van der Waals surface area contributed by atoms with Gasteiger partial charge in [0.15, 0.2) is 11.5 Å². The van der Waals surface area contributed by atoms with Crippen molar-refractivity contribution < 1.29 is 33.6 Å². The van der Waals surface area contributed by atoms with Crippen molar-refractivity contribution in [3.63, 3.8) is 0 Å². The first-order valence-electron chi connectivity index (χ1n) is 9.13. The largest absolute Gasteiger partial charge is 0.504 e. The van der Waals surface area contributed by atoms with E-state index in [0.29, 0.717) is 11.1 Å². The zero-order chi connectivity index (χ0) is 21.1. The third-order valence-electron chi connectivity index (χ3n) is 5.46. The van der Waals surface area contributed by atoms with Crippen LogP contribution in [0.4, 0.5) is 0 Å². The van der Waals surface area contributed by atoms with E-state index in [1.807, 2.05) is 30.3 Å². The van der Waals surface area contributed by atoms with Gasteiger partial charge in [-0.25, -0.2) is 0 Å². The fourth-order valence-electron chi connectivity index (χ4n) is 4.29. The van der Waals surface area contributed by atoms with E-state index in [1.54, 1.807) is 6.07 Å². The molecule has 7 nitrogen and oxygen atoms in total. The summed E-state index contributed by atoms with van der Waals surface area (Å²) in [5.41, 5.74) is 2.00. The molecule has 0 spiro atoms. The second-order valence-electron chi connectivity index (χ2n) is 6.76. The molecule has 1 aliphatic carbocycles. The molecule has 0 radical (unpaired) electrons. The number of benzene rings is 2. The monoisotopic (exact) mass is 400 g/mol. The molecule has 2 aromatic carbocycles. The van der Waals surface area contributed by atoms with Gasteiger partial charge in [0.1, 0.15) is 5.92 Å². The topological polar surface area (TPSA) is 91.3 Å². The first-order chi connectivity index (χ1) is 14.0. The third kappa shape index (κ3) is 3.42. The minimum Gasteiger partial charge on any atom is -0.504 e. The Labute approximate surface area is 169 Å². The summed E-state index contributed by atoms with van der Waals surface area (Å²) < 4.78 is 21.2. The molecular weight excluding hydrogens is 376 g/mol. The Kier molecular flexibility index (Phi) is 6.08. The van der Waals surface area contributed by atoms with Gasteiger partial charge in [-0.1, -0.05) is 36.4 Å². The normalized spacial score (nSPS) is 23.0. The maximum Gasteiger partial charge on any atom is 0.312 e. The maximum atomic E-state index is 12.9. The molecule has 0 aliphatic heterocycles. The second kappa shape index (κ2) is 8.53. The molecule has 0 saturated heterocycles. The predicted octanol–water partition coefficient (Wildman–Crippen LogP) is 2.81. The summed E-state index contributed by atoms with van der Waals surface area (Å²) in [7, 11) is 5.45. The van der Waals surface area contributed by atoms with Crippen molar-refractivity contribution in [1.29, 1.82) is 0 Å². The highest BCUT2D eigenvalue weighted by Gasteiger charge is 2.53. The molecule has 1 N–H and O–H groups in total. The summed E-state index contributed by atoms with van der Waals surface area (Å²) in [6.45, 7) is 0. The summed E-state index contributed by atoms with van der Waals surface area (Å²) in [6.07, 6.45) is -0.781. The molecule has 4 atom stereocenters. The van der Waals surface area contributed by atoms with E-state index in [1.165, 1.54) is 34.5 Å². The molecule has 0 bridgehead atoms. The highest BCUT2D eigenvalue weighted by Crippen LogP contribution is 2.55. The molecule has 0 amide bonds. The van der Waals surface area contributed by atoms with Crippen LogP contribution in [0.15, 0.2) is 42.5 Å². The van der Waals surface area contributed by atoms with Crippen LogP contribution in [-0.4, -0.2) is 45.5 Å². The summed E-state index contributed by atoms with van der Waals surface area (Å²) in [6, 6.07) is 12.4. The molecule has 2 unspecified atom stereocenters. The lowest BCUT2D eigenvalue weighted by molar-refractivity contribution is -0.166. The van der Waals surface area contributed by atoms with Crippen molar-refractivity contribution in [2.24, 2.45) is 11.8 Å². The SMILES string of the molecule is COC(=O)[C@H]1C(OC)c2ccc(O)c(OC)c2C(c2ccccc2)[C@@H]1C(=O)OC. The lowest BCUT2D eigenvalue weighted by Gasteiger charge is -2.41. The lowest BCUT2D eigenvalue weighted by atomic mass is 9.64. The quantitative estimate of drug-likeness (QED) is 0.772. The van der Waals surface area contributed by atoms with Crippen LogP contribution in [0.25, 0.3) is 0 Å². The maximum absolute atomic E-state index is 12.9. The molecule has 0 aromatic heterocycles. The summed E-state index contributed by atoms with van der Waals surface area (Å²) in [5, 5.41) is 10.4.